The molecule has 4 heteroatoms. The van der Waals surface area contributed by atoms with Gasteiger partial charge in [0.2, 0.25) is 5.91 Å². The number of phenolic OH excluding ortho intramolecular Hbond substituents is 1. The Kier molecular flexibility index (Phi) is 4.80. The fraction of sp³-hybridized carbons (Fsp3) is 0.533. The van der Waals surface area contributed by atoms with E-state index >= 15 is 0 Å². The highest BCUT2D eigenvalue weighted by molar-refractivity contribution is 5.78. The molecule has 1 aliphatic rings. The van der Waals surface area contributed by atoms with Gasteiger partial charge in [-0.1, -0.05) is 12.1 Å². The van der Waals surface area contributed by atoms with E-state index < -0.39 is 0 Å². The Morgan fingerprint density at radius 3 is 2.53 bits per heavy atom. The highest BCUT2D eigenvalue weighted by Gasteiger charge is 2.22. The number of phenols is 1. The molecule has 19 heavy (non-hydrogen) atoms. The lowest BCUT2D eigenvalue weighted by Gasteiger charge is -2.32. The first kappa shape index (κ1) is 13.9. The Morgan fingerprint density at radius 1 is 1.32 bits per heavy atom. The van der Waals surface area contributed by atoms with Crippen LogP contribution >= 0.6 is 0 Å². The molecule has 1 fully saturated rings. The number of likely N-dealkylation sites (tertiary alicyclic amines) is 1. The first-order valence-electron chi connectivity index (χ1n) is 6.89. The van der Waals surface area contributed by atoms with Crippen molar-refractivity contribution in [2.45, 2.75) is 19.3 Å². The molecule has 0 spiro atoms. The molecule has 1 heterocycles. The van der Waals surface area contributed by atoms with Gasteiger partial charge in [0, 0.05) is 13.1 Å². The molecule has 4 nitrogen and oxygen atoms in total. The minimum absolute atomic E-state index is 0.189. The van der Waals surface area contributed by atoms with Crippen LogP contribution in [0, 0.1) is 5.92 Å². The van der Waals surface area contributed by atoms with Crippen LogP contribution in [0.25, 0.3) is 0 Å². The summed E-state index contributed by atoms with van der Waals surface area (Å²) in [4.78, 5) is 14.1. The normalized spacial score (nSPS) is 16.6. The highest BCUT2D eigenvalue weighted by atomic mass is 16.3. The number of amides is 1. The van der Waals surface area contributed by atoms with Gasteiger partial charge in [0.25, 0.3) is 0 Å². The molecule has 0 radical (unpaired) electrons. The third-order valence-corrected chi connectivity index (χ3v) is 3.75. The third-order valence-electron chi connectivity index (χ3n) is 3.75. The second-order valence-corrected chi connectivity index (χ2v) is 5.23. The summed E-state index contributed by atoms with van der Waals surface area (Å²) >= 11 is 0. The second kappa shape index (κ2) is 6.57. The molecular formula is C15H22N2O2. The van der Waals surface area contributed by atoms with Gasteiger partial charge in [0.15, 0.2) is 0 Å². The molecule has 0 bridgehead atoms. The molecule has 0 aromatic heterocycles. The number of piperidine rings is 1. The van der Waals surface area contributed by atoms with Crippen molar-refractivity contribution in [2.75, 3.05) is 26.7 Å². The molecular weight excluding hydrogens is 240 g/mol. The third kappa shape index (κ3) is 3.96. The number of aromatic hydroxyl groups is 1. The summed E-state index contributed by atoms with van der Waals surface area (Å²) in [5.74, 6) is 1.13. The van der Waals surface area contributed by atoms with Gasteiger partial charge in [-0.25, -0.2) is 0 Å². The summed E-state index contributed by atoms with van der Waals surface area (Å²) < 4.78 is 0. The molecule has 1 amide bonds. The zero-order valence-corrected chi connectivity index (χ0v) is 11.4. The molecule has 0 atom stereocenters. The Bertz CT molecular complexity index is 409. The minimum atomic E-state index is 0.189. The van der Waals surface area contributed by atoms with Crippen molar-refractivity contribution in [3.63, 3.8) is 0 Å². The van der Waals surface area contributed by atoms with Gasteiger partial charge in [0.05, 0.1) is 6.42 Å². The highest BCUT2D eigenvalue weighted by Crippen LogP contribution is 2.18. The summed E-state index contributed by atoms with van der Waals surface area (Å²) in [6.07, 6.45) is 2.60. The van der Waals surface area contributed by atoms with Gasteiger partial charge < -0.3 is 15.3 Å². The summed E-state index contributed by atoms with van der Waals surface area (Å²) in [5.41, 5.74) is 0.958. The Hall–Kier alpha value is -1.55. The molecule has 0 aliphatic carbocycles. The smallest absolute Gasteiger partial charge is 0.226 e. The first-order valence-corrected chi connectivity index (χ1v) is 6.89. The van der Waals surface area contributed by atoms with E-state index in [-0.39, 0.29) is 11.7 Å². The summed E-state index contributed by atoms with van der Waals surface area (Å²) in [6.45, 7) is 2.77. The van der Waals surface area contributed by atoms with E-state index in [0.29, 0.717) is 12.3 Å². The van der Waals surface area contributed by atoms with Crippen LogP contribution in [-0.4, -0.2) is 42.6 Å². The molecule has 1 aromatic rings. The lowest BCUT2D eigenvalue weighted by molar-refractivity contribution is -0.131. The van der Waals surface area contributed by atoms with Crippen LogP contribution in [0.4, 0.5) is 0 Å². The number of carbonyl (C=O) groups is 1. The SMILES string of the molecule is CNCC1CCN(C(=O)Cc2ccc(O)cc2)CC1. The van der Waals surface area contributed by atoms with Crippen LogP contribution in [0.5, 0.6) is 5.75 Å². The van der Waals surface area contributed by atoms with Crippen LogP contribution in [0.1, 0.15) is 18.4 Å². The topological polar surface area (TPSA) is 52.6 Å². The fourth-order valence-electron chi connectivity index (χ4n) is 2.58. The summed E-state index contributed by atoms with van der Waals surface area (Å²) in [7, 11) is 1.97. The molecule has 2 N–H and O–H groups in total. The van der Waals surface area contributed by atoms with E-state index in [4.69, 9.17) is 0 Å². The van der Waals surface area contributed by atoms with Crippen molar-refractivity contribution >= 4 is 5.91 Å². The number of nitrogens with zero attached hydrogens (tertiary/aromatic N) is 1. The van der Waals surface area contributed by atoms with Crippen LogP contribution < -0.4 is 5.32 Å². The van der Waals surface area contributed by atoms with Gasteiger partial charge in [-0.15, -0.1) is 0 Å². The van der Waals surface area contributed by atoms with Crippen LogP contribution in [0.2, 0.25) is 0 Å². The lowest BCUT2D eigenvalue weighted by Crippen LogP contribution is -2.41. The van der Waals surface area contributed by atoms with E-state index in [1.54, 1.807) is 24.3 Å². The maximum atomic E-state index is 12.2. The first-order chi connectivity index (χ1) is 9.19. The lowest BCUT2D eigenvalue weighted by atomic mass is 9.96. The van der Waals surface area contributed by atoms with Crippen molar-refractivity contribution in [3.05, 3.63) is 29.8 Å². The van der Waals surface area contributed by atoms with Crippen LogP contribution in [0.15, 0.2) is 24.3 Å². The second-order valence-electron chi connectivity index (χ2n) is 5.23. The van der Waals surface area contributed by atoms with E-state index in [2.05, 4.69) is 5.32 Å². The number of rotatable bonds is 4. The predicted octanol–water partition coefficient (Wildman–Crippen LogP) is 1.39. The van der Waals surface area contributed by atoms with E-state index in [1.165, 1.54) is 0 Å². The molecule has 1 saturated heterocycles. The number of carbonyl (C=O) groups excluding carboxylic acids is 1. The molecule has 104 valence electrons. The van der Waals surface area contributed by atoms with Crippen molar-refractivity contribution < 1.29 is 9.90 Å². The van der Waals surface area contributed by atoms with Crippen molar-refractivity contribution in [1.82, 2.24) is 10.2 Å². The number of hydrogen-bond donors (Lipinski definition) is 2. The summed E-state index contributed by atoms with van der Waals surface area (Å²) in [6, 6.07) is 6.87. The predicted molar refractivity (Wildman–Crippen MR) is 75.0 cm³/mol. The minimum Gasteiger partial charge on any atom is -0.508 e. The molecule has 1 aromatic carbocycles. The zero-order valence-electron chi connectivity index (χ0n) is 11.4. The molecule has 1 aliphatic heterocycles. The average Bonchev–Trinajstić information content (AvgIpc) is 2.42. The summed E-state index contributed by atoms with van der Waals surface area (Å²) in [5, 5.41) is 12.4. The molecule has 0 unspecified atom stereocenters. The maximum absolute atomic E-state index is 12.2. The van der Waals surface area contributed by atoms with Gasteiger partial charge in [0.1, 0.15) is 5.75 Å². The monoisotopic (exact) mass is 262 g/mol. The number of hydrogen-bond acceptors (Lipinski definition) is 3. The fourth-order valence-corrected chi connectivity index (χ4v) is 2.58. The van der Waals surface area contributed by atoms with Crippen LogP contribution in [-0.2, 0) is 11.2 Å². The van der Waals surface area contributed by atoms with Gasteiger partial charge >= 0.3 is 0 Å². The Morgan fingerprint density at radius 2 is 1.95 bits per heavy atom. The quantitative estimate of drug-likeness (QED) is 0.862. The average molecular weight is 262 g/mol. The van der Waals surface area contributed by atoms with Crippen LogP contribution in [0.3, 0.4) is 0 Å². The number of nitrogens with one attached hydrogen (secondary N) is 1. The Balaban J connectivity index is 1.83. The molecule has 2 rings (SSSR count). The van der Waals surface area contributed by atoms with Gasteiger partial charge in [-0.05, 0) is 50.0 Å². The zero-order chi connectivity index (χ0) is 13.7. The van der Waals surface area contributed by atoms with Crippen molar-refractivity contribution in [1.29, 1.82) is 0 Å². The van der Waals surface area contributed by atoms with E-state index in [0.717, 1.165) is 38.0 Å². The van der Waals surface area contributed by atoms with Gasteiger partial charge in [-0.2, -0.15) is 0 Å². The van der Waals surface area contributed by atoms with Crippen molar-refractivity contribution in [3.8, 4) is 5.75 Å². The van der Waals surface area contributed by atoms with Gasteiger partial charge in [-0.3, -0.25) is 4.79 Å². The van der Waals surface area contributed by atoms with Crippen molar-refractivity contribution in [2.24, 2.45) is 5.92 Å². The van der Waals surface area contributed by atoms with E-state index in [9.17, 15) is 9.90 Å². The number of benzene rings is 1. The standard InChI is InChI=1S/C15H22N2O2/c1-16-11-13-6-8-17(9-7-13)15(19)10-12-2-4-14(18)5-3-12/h2-5,13,16,18H,6-11H2,1H3. The largest absolute Gasteiger partial charge is 0.508 e. The Labute approximate surface area is 114 Å². The van der Waals surface area contributed by atoms with E-state index in [1.807, 2.05) is 11.9 Å². The molecule has 0 saturated carbocycles. The maximum Gasteiger partial charge on any atom is 0.226 e.